The molecule has 0 spiro atoms. The van der Waals surface area contributed by atoms with Gasteiger partial charge in [-0.2, -0.15) is 9.61 Å². The number of benzene rings is 1. The van der Waals surface area contributed by atoms with Crippen LogP contribution in [0.15, 0.2) is 42.7 Å². The number of anilines is 2. The molecule has 0 aliphatic carbocycles. The summed E-state index contributed by atoms with van der Waals surface area (Å²) >= 11 is 0. The van der Waals surface area contributed by atoms with Crippen LogP contribution in [0.25, 0.3) is 16.8 Å². The maximum Gasteiger partial charge on any atom is 0.263 e. The lowest BCUT2D eigenvalue weighted by molar-refractivity contribution is 0.0932. The van der Waals surface area contributed by atoms with E-state index in [1.807, 2.05) is 0 Å². The highest BCUT2D eigenvalue weighted by Crippen LogP contribution is 2.37. The SMILES string of the molecule is C[C@H]1CNC(=O)c2cnn3c(N)c(-c4ccc(C(F)F)cc4)c(nc23)N[C@H](C)c2cc(F)cnc2O1. The molecule has 1 amide bonds. The Kier molecular flexibility index (Phi) is 5.86. The molecule has 2 bridgehead atoms. The number of aromatic nitrogens is 4. The largest absolute Gasteiger partial charge is 0.473 e. The van der Waals surface area contributed by atoms with Crippen LogP contribution in [0.2, 0.25) is 0 Å². The van der Waals surface area contributed by atoms with Gasteiger partial charge in [0.15, 0.2) is 5.65 Å². The van der Waals surface area contributed by atoms with Crippen LogP contribution in [0.4, 0.5) is 24.8 Å². The van der Waals surface area contributed by atoms with E-state index in [-0.39, 0.29) is 40.8 Å². The molecule has 2 atom stereocenters. The van der Waals surface area contributed by atoms with Crippen molar-refractivity contribution in [3.8, 4) is 17.0 Å². The van der Waals surface area contributed by atoms with E-state index < -0.39 is 30.3 Å². The number of fused-ring (bicyclic) bond motifs is 2. The number of ether oxygens (including phenoxy) is 1. The normalized spacial score (nSPS) is 18.0. The topological polar surface area (TPSA) is 119 Å². The number of carbonyl (C=O) groups is 1. The number of pyridine rings is 1. The number of nitrogen functional groups attached to an aromatic ring is 1. The molecule has 0 saturated carbocycles. The molecular formula is C24H22F3N7O2. The summed E-state index contributed by atoms with van der Waals surface area (Å²) < 4.78 is 47.6. The number of rotatable bonds is 2. The minimum atomic E-state index is -2.63. The fourth-order valence-electron chi connectivity index (χ4n) is 4.06. The van der Waals surface area contributed by atoms with Gasteiger partial charge in [-0.3, -0.25) is 4.79 Å². The second kappa shape index (κ2) is 9.02. The van der Waals surface area contributed by atoms with E-state index in [4.69, 9.17) is 10.5 Å². The highest BCUT2D eigenvalue weighted by atomic mass is 19.3. The van der Waals surface area contributed by atoms with Gasteiger partial charge in [-0.15, -0.1) is 0 Å². The summed E-state index contributed by atoms with van der Waals surface area (Å²) in [7, 11) is 0. The molecule has 4 heterocycles. The Morgan fingerprint density at radius 2 is 1.94 bits per heavy atom. The van der Waals surface area contributed by atoms with E-state index in [1.165, 1.54) is 41.0 Å². The fourth-order valence-corrected chi connectivity index (χ4v) is 4.06. The Morgan fingerprint density at radius 1 is 1.19 bits per heavy atom. The van der Waals surface area contributed by atoms with E-state index in [0.717, 1.165) is 6.20 Å². The monoisotopic (exact) mass is 497 g/mol. The number of carbonyl (C=O) groups excluding carboxylic acids is 1. The average Bonchev–Trinajstić information content (AvgIpc) is 3.28. The van der Waals surface area contributed by atoms with Gasteiger partial charge < -0.3 is 21.1 Å². The van der Waals surface area contributed by atoms with Gasteiger partial charge in [-0.1, -0.05) is 24.3 Å². The summed E-state index contributed by atoms with van der Waals surface area (Å²) in [5.41, 5.74) is 8.00. The van der Waals surface area contributed by atoms with Crippen LogP contribution in [-0.2, 0) is 0 Å². The Morgan fingerprint density at radius 3 is 2.67 bits per heavy atom. The lowest BCUT2D eigenvalue weighted by atomic mass is 10.0. The summed E-state index contributed by atoms with van der Waals surface area (Å²) in [6.07, 6.45) is -0.708. The van der Waals surface area contributed by atoms with Crippen molar-refractivity contribution in [3.63, 3.8) is 0 Å². The number of amides is 1. The molecule has 0 radical (unpaired) electrons. The van der Waals surface area contributed by atoms with Gasteiger partial charge in [-0.05, 0) is 25.5 Å². The van der Waals surface area contributed by atoms with E-state index in [1.54, 1.807) is 13.8 Å². The molecule has 0 fully saturated rings. The Hall–Kier alpha value is -4.35. The number of halogens is 3. The van der Waals surface area contributed by atoms with Crippen molar-refractivity contribution in [2.24, 2.45) is 0 Å². The van der Waals surface area contributed by atoms with Gasteiger partial charge in [-0.25, -0.2) is 23.1 Å². The average molecular weight is 497 g/mol. The molecule has 1 aromatic carbocycles. The summed E-state index contributed by atoms with van der Waals surface area (Å²) in [5.74, 6) is -0.422. The van der Waals surface area contributed by atoms with Crippen LogP contribution in [0.3, 0.4) is 0 Å². The van der Waals surface area contributed by atoms with Crippen molar-refractivity contribution in [3.05, 3.63) is 65.2 Å². The van der Waals surface area contributed by atoms with Gasteiger partial charge in [0.25, 0.3) is 12.3 Å². The van der Waals surface area contributed by atoms with Crippen molar-refractivity contribution >= 4 is 23.2 Å². The van der Waals surface area contributed by atoms with Crippen LogP contribution in [0, 0.1) is 5.82 Å². The fraction of sp³-hybridized carbons (Fsp3) is 0.250. The minimum Gasteiger partial charge on any atom is -0.473 e. The maximum atomic E-state index is 14.2. The molecular weight excluding hydrogens is 475 g/mol. The van der Waals surface area contributed by atoms with E-state index in [0.29, 0.717) is 16.7 Å². The zero-order valence-corrected chi connectivity index (χ0v) is 19.3. The van der Waals surface area contributed by atoms with Gasteiger partial charge in [0.1, 0.15) is 29.1 Å². The first-order valence-corrected chi connectivity index (χ1v) is 11.2. The molecule has 0 saturated heterocycles. The van der Waals surface area contributed by atoms with Crippen LogP contribution in [-0.4, -0.2) is 38.1 Å². The number of nitrogens with one attached hydrogen (secondary N) is 2. The van der Waals surface area contributed by atoms with Gasteiger partial charge >= 0.3 is 0 Å². The summed E-state index contributed by atoms with van der Waals surface area (Å²) in [5, 5.41) is 10.2. The lowest BCUT2D eigenvalue weighted by Gasteiger charge is -2.22. The number of hydrogen-bond donors (Lipinski definition) is 3. The molecule has 1 aliphatic rings. The highest BCUT2D eigenvalue weighted by molar-refractivity contribution is 6.01. The molecule has 5 rings (SSSR count). The van der Waals surface area contributed by atoms with Crippen LogP contribution >= 0.6 is 0 Å². The van der Waals surface area contributed by atoms with Crippen molar-refractivity contribution in [2.45, 2.75) is 32.4 Å². The van der Waals surface area contributed by atoms with Crippen molar-refractivity contribution in [2.75, 3.05) is 17.6 Å². The summed E-state index contributed by atoms with van der Waals surface area (Å²) in [6, 6.07) is 6.33. The molecule has 36 heavy (non-hydrogen) atoms. The molecule has 3 aromatic heterocycles. The third-order valence-corrected chi connectivity index (χ3v) is 5.91. The first-order chi connectivity index (χ1) is 17.2. The van der Waals surface area contributed by atoms with Crippen LogP contribution < -0.4 is 21.1 Å². The third kappa shape index (κ3) is 4.14. The third-order valence-electron chi connectivity index (χ3n) is 5.91. The number of nitrogens with zero attached hydrogens (tertiary/aromatic N) is 4. The second-order valence-corrected chi connectivity index (χ2v) is 8.49. The van der Waals surface area contributed by atoms with Gasteiger partial charge in [0, 0.05) is 11.1 Å². The number of hydrogen-bond acceptors (Lipinski definition) is 7. The standard InChI is InChI=1S/C24H22F3N7O2/c1-11-8-29-23(35)17-10-31-34-20(28)18(13-3-5-14(6-4-13)19(26)27)21(33-22(17)34)32-12(2)16-7-15(25)9-30-24(16)36-11/h3-7,9-12,19H,8,28H2,1-2H3,(H,29,35)(H,32,33)/t11-,12+/m0/s1. The highest BCUT2D eigenvalue weighted by Gasteiger charge is 2.25. The number of alkyl halides is 2. The smallest absolute Gasteiger partial charge is 0.263 e. The molecule has 4 N–H and O–H groups in total. The minimum absolute atomic E-state index is 0.135. The lowest BCUT2D eigenvalue weighted by Crippen LogP contribution is -2.34. The Bertz CT molecular complexity index is 1460. The zero-order chi connectivity index (χ0) is 25.6. The Balaban J connectivity index is 1.72. The van der Waals surface area contributed by atoms with Crippen molar-refractivity contribution < 1.29 is 22.7 Å². The van der Waals surface area contributed by atoms with Gasteiger partial charge in [0.05, 0.1) is 30.5 Å². The number of nitrogens with two attached hydrogens (primary N) is 1. The molecule has 1 aliphatic heterocycles. The van der Waals surface area contributed by atoms with Crippen molar-refractivity contribution in [1.29, 1.82) is 0 Å². The molecule has 0 unspecified atom stereocenters. The van der Waals surface area contributed by atoms with Crippen LogP contribution in [0.1, 0.15) is 47.8 Å². The van der Waals surface area contributed by atoms with E-state index in [2.05, 4.69) is 25.7 Å². The summed E-state index contributed by atoms with van der Waals surface area (Å²) in [6.45, 7) is 3.66. The predicted molar refractivity (Wildman–Crippen MR) is 126 cm³/mol. The quantitative estimate of drug-likeness (QED) is 0.381. The Labute approximate surface area is 203 Å². The second-order valence-electron chi connectivity index (χ2n) is 8.49. The molecule has 9 nitrogen and oxygen atoms in total. The summed E-state index contributed by atoms with van der Waals surface area (Å²) in [4.78, 5) is 21.6. The first-order valence-electron chi connectivity index (χ1n) is 11.2. The van der Waals surface area contributed by atoms with Crippen molar-refractivity contribution in [1.82, 2.24) is 24.9 Å². The molecule has 4 aromatic rings. The zero-order valence-electron chi connectivity index (χ0n) is 19.3. The first kappa shape index (κ1) is 23.4. The van der Waals surface area contributed by atoms with Gasteiger partial charge in [0.2, 0.25) is 5.88 Å². The van der Waals surface area contributed by atoms with E-state index >= 15 is 0 Å². The van der Waals surface area contributed by atoms with Crippen LogP contribution in [0.5, 0.6) is 5.88 Å². The molecule has 12 heteroatoms. The molecule has 186 valence electrons. The predicted octanol–water partition coefficient (Wildman–Crippen LogP) is 4.13. The maximum absolute atomic E-state index is 14.2. The van der Waals surface area contributed by atoms with E-state index in [9.17, 15) is 18.0 Å².